The number of nitrogens with one attached hydrogen (secondary N) is 1. The summed E-state index contributed by atoms with van der Waals surface area (Å²) < 4.78 is 10.4. The number of amides is 3. The predicted molar refractivity (Wildman–Crippen MR) is 134 cm³/mol. The maximum Gasteiger partial charge on any atom is 0.409 e. The molecule has 3 amide bonds. The number of hydrogen-bond donors (Lipinski definition) is 1. The number of aromatic nitrogens is 1. The Bertz CT molecular complexity index is 1050. The van der Waals surface area contributed by atoms with Crippen LogP contribution in [-0.2, 0) is 36.9 Å². The molecule has 0 radical (unpaired) electrons. The minimum Gasteiger partial charge on any atom is -0.466 e. The zero-order valence-corrected chi connectivity index (χ0v) is 21.3. The Morgan fingerprint density at radius 3 is 2.51 bits per heavy atom. The van der Waals surface area contributed by atoms with Gasteiger partial charge in [0, 0.05) is 31.8 Å². The number of ether oxygens (including phenoxy) is 2. The molecule has 2 aromatic rings. The first-order valence-electron chi connectivity index (χ1n) is 12.5. The fourth-order valence-electron chi connectivity index (χ4n) is 4.34. The van der Waals surface area contributed by atoms with Crippen molar-refractivity contribution in [2.24, 2.45) is 5.92 Å². The van der Waals surface area contributed by atoms with Gasteiger partial charge in [-0.1, -0.05) is 30.3 Å². The lowest BCUT2D eigenvalue weighted by molar-refractivity contribution is -0.178. The SMILES string of the molecule is CCOC(=O)C[C@@H](NC(=O)OCc1ccccc1)N(C(C)=O)N1CCCC(CCc2ccncc2)C1=O. The van der Waals surface area contributed by atoms with Crippen LogP contribution >= 0.6 is 0 Å². The van der Waals surface area contributed by atoms with Crippen LogP contribution in [0, 0.1) is 5.92 Å². The number of esters is 1. The lowest BCUT2D eigenvalue weighted by Crippen LogP contribution is -2.62. The van der Waals surface area contributed by atoms with Gasteiger partial charge < -0.3 is 9.47 Å². The maximum absolute atomic E-state index is 13.5. The molecule has 37 heavy (non-hydrogen) atoms. The van der Waals surface area contributed by atoms with Gasteiger partial charge >= 0.3 is 12.1 Å². The molecular formula is C27H34N4O6. The number of pyridine rings is 1. The molecule has 198 valence electrons. The van der Waals surface area contributed by atoms with Crippen molar-refractivity contribution in [3.63, 3.8) is 0 Å². The van der Waals surface area contributed by atoms with Crippen molar-refractivity contribution in [3.05, 3.63) is 66.0 Å². The first-order chi connectivity index (χ1) is 17.9. The molecule has 0 saturated carbocycles. The van der Waals surface area contributed by atoms with Crippen molar-refractivity contribution >= 4 is 23.9 Å². The van der Waals surface area contributed by atoms with Gasteiger partial charge in [0.15, 0.2) is 0 Å². The topological polar surface area (TPSA) is 118 Å². The third-order valence-electron chi connectivity index (χ3n) is 6.10. The second kappa shape index (κ2) is 14.0. The van der Waals surface area contributed by atoms with Gasteiger partial charge in [0.2, 0.25) is 11.8 Å². The number of aryl methyl sites for hydroxylation is 1. The number of rotatable bonds is 11. The molecule has 1 aromatic heterocycles. The molecule has 1 N–H and O–H groups in total. The third-order valence-corrected chi connectivity index (χ3v) is 6.10. The van der Waals surface area contributed by atoms with Crippen molar-refractivity contribution < 1.29 is 28.7 Å². The normalized spacial score (nSPS) is 16.0. The number of piperidine rings is 1. The van der Waals surface area contributed by atoms with Gasteiger partial charge in [-0.05, 0) is 55.9 Å². The van der Waals surface area contributed by atoms with Crippen LogP contribution in [0.2, 0.25) is 0 Å². The number of benzene rings is 1. The fraction of sp³-hybridized carbons (Fsp3) is 0.444. The number of hydrazine groups is 1. The quantitative estimate of drug-likeness (QED) is 0.364. The standard InChI is InChI=1S/C27H34N4O6/c1-3-36-25(33)18-24(29-27(35)37-19-22-8-5-4-6-9-22)31(20(2)32)30-17-7-10-23(26(30)34)12-11-21-13-15-28-16-14-21/h4-6,8-9,13-16,23-24H,3,7,10-12,17-19H2,1-2H3,(H,29,35)/t23?,24-/m0/s1. The Morgan fingerprint density at radius 2 is 1.84 bits per heavy atom. The van der Waals surface area contributed by atoms with Gasteiger partial charge in [-0.3, -0.25) is 24.7 Å². The molecule has 3 rings (SSSR count). The minimum atomic E-state index is -1.15. The van der Waals surface area contributed by atoms with Crippen LogP contribution < -0.4 is 5.32 Å². The second-order valence-electron chi connectivity index (χ2n) is 8.79. The van der Waals surface area contributed by atoms with E-state index in [0.717, 1.165) is 16.1 Å². The summed E-state index contributed by atoms with van der Waals surface area (Å²) in [7, 11) is 0. The van der Waals surface area contributed by atoms with E-state index in [1.54, 1.807) is 19.3 Å². The zero-order valence-electron chi connectivity index (χ0n) is 21.3. The Balaban J connectivity index is 1.73. The van der Waals surface area contributed by atoms with E-state index < -0.39 is 24.1 Å². The monoisotopic (exact) mass is 510 g/mol. The van der Waals surface area contributed by atoms with Gasteiger partial charge in [0.1, 0.15) is 12.8 Å². The van der Waals surface area contributed by atoms with Crippen molar-refractivity contribution in [1.82, 2.24) is 20.3 Å². The summed E-state index contributed by atoms with van der Waals surface area (Å²) in [6.45, 7) is 3.41. The molecule has 10 nitrogen and oxygen atoms in total. The second-order valence-corrected chi connectivity index (χ2v) is 8.79. The molecule has 1 aliphatic rings. The first-order valence-corrected chi connectivity index (χ1v) is 12.5. The molecule has 1 fully saturated rings. The van der Waals surface area contributed by atoms with E-state index in [0.29, 0.717) is 32.2 Å². The Morgan fingerprint density at radius 1 is 1.11 bits per heavy atom. The van der Waals surface area contributed by atoms with E-state index in [-0.39, 0.29) is 31.5 Å². The third kappa shape index (κ3) is 8.30. The van der Waals surface area contributed by atoms with E-state index in [9.17, 15) is 19.2 Å². The molecule has 0 spiro atoms. The molecule has 2 heterocycles. The molecule has 1 saturated heterocycles. The Kier molecular flexibility index (Phi) is 10.4. The summed E-state index contributed by atoms with van der Waals surface area (Å²) in [6.07, 6.45) is 3.81. The molecule has 1 unspecified atom stereocenters. The summed E-state index contributed by atoms with van der Waals surface area (Å²) in [4.78, 5) is 55.3. The highest BCUT2D eigenvalue weighted by Gasteiger charge is 2.38. The highest BCUT2D eigenvalue weighted by molar-refractivity contribution is 5.84. The molecule has 0 bridgehead atoms. The van der Waals surface area contributed by atoms with Crippen molar-refractivity contribution in [2.75, 3.05) is 13.2 Å². The van der Waals surface area contributed by atoms with Crippen LogP contribution in [0.3, 0.4) is 0 Å². The Hall–Kier alpha value is -3.95. The maximum atomic E-state index is 13.5. The van der Waals surface area contributed by atoms with Crippen LogP contribution in [0.4, 0.5) is 4.79 Å². The van der Waals surface area contributed by atoms with Crippen LogP contribution in [0.1, 0.15) is 50.7 Å². The fourth-order valence-corrected chi connectivity index (χ4v) is 4.34. The average Bonchev–Trinajstić information content (AvgIpc) is 2.89. The lowest BCUT2D eigenvalue weighted by atomic mass is 9.91. The lowest BCUT2D eigenvalue weighted by Gasteiger charge is -2.43. The van der Waals surface area contributed by atoms with Crippen LogP contribution in [0.15, 0.2) is 54.9 Å². The smallest absolute Gasteiger partial charge is 0.409 e. The molecule has 10 heteroatoms. The number of alkyl carbamates (subject to hydrolysis) is 1. The summed E-state index contributed by atoms with van der Waals surface area (Å²) in [5.74, 6) is -1.61. The van der Waals surface area contributed by atoms with Gasteiger partial charge in [0.25, 0.3) is 0 Å². The van der Waals surface area contributed by atoms with Gasteiger partial charge in [0.05, 0.1) is 13.0 Å². The van der Waals surface area contributed by atoms with Gasteiger partial charge in [-0.15, -0.1) is 0 Å². The van der Waals surface area contributed by atoms with E-state index >= 15 is 0 Å². The summed E-state index contributed by atoms with van der Waals surface area (Å²) in [5.41, 5.74) is 1.86. The largest absolute Gasteiger partial charge is 0.466 e. The van der Waals surface area contributed by atoms with Gasteiger partial charge in [-0.25, -0.2) is 14.8 Å². The number of carbonyl (C=O) groups is 4. The van der Waals surface area contributed by atoms with E-state index in [2.05, 4.69) is 10.3 Å². The van der Waals surface area contributed by atoms with E-state index in [1.807, 2.05) is 42.5 Å². The Labute approximate surface area is 216 Å². The van der Waals surface area contributed by atoms with Crippen LogP contribution in [-0.4, -0.2) is 58.2 Å². The highest BCUT2D eigenvalue weighted by Crippen LogP contribution is 2.25. The number of hydrogen-bond acceptors (Lipinski definition) is 7. The summed E-state index contributed by atoms with van der Waals surface area (Å²) >= 11 is 0. The van der Waals surface area contributed by atoms with Crippen LogP contribution in [0.5, 0.6) is 0 Å². The zero-order chi connectivity index (χ0) is 26.6. The predicted octanol–water partition coefficient (Wildman–Crippen LogP) is 3.22. The molecular weight excluding hydrogens is 476 g/mol. The van der Waals surface area contributed by atoms with Crippen LogP contribution in [0.25, 0.3) is 0 Å². The molecule has 1 aromatic carbocycles. The van der Waals surface area contributed by atoms with Crippen molar-refractivity contribution in [1.29, 1.82) is 0 Å². The van der Waals surface area contributed by atoms with E-state index in [1.165, 1.54) is 11.9 Å². The first kappa shape index (κ1) is 27.6. The van der Waals surface area contributed by atoms with Gasteiger partial charge in [-0.2, -0.15) is 0 Å². The molecule has 1 aliphatic heterocycles. The summed E-state index contributed by atoms with van der Waals surface area (Å²) in [5, 5.41) is 5.10. The molecule has 0 aliphatic carbocycles. The van der Waals surface area contributed by atoms with Crippen molar-refractivity contribution in [3.8, 4) is 0 Å². The number of carbonyl (C=O) groups excluding carboxylic acids is 4. The average molecular weight is 511 g/mol. The highest BCUT2D eigenvalue weighted by atomic mass is 16.5. The summed E-state index contributed by atoms with van der Waals surface area (Å²) in [6, 6.07) is 12.9. The minimum absolute atomic E-state index is 0.0125. The van der Waals surface area contributed by atoms with E-state index in [4.69, 9.17) is 9.47 Å². The number of nitrogens with zero attached hydrogens (tertiary/aromatic N) is 3. The molecule has 2 atom stereocenters. The van der Waals surface area contributed by atoms with Crippen molar-refractivity contribution in [2.45, 2.75) is 58.7 Å².